The molecule has 0 aliphatic heterocycles. The van der Waals surface area contributed by atoms with Crippen LogP contribution in [0.1, 0.15) is 21.6 Å². The molecule has 0 saturated heterocycles. The third kappa shape index (κ3) is 3.64. The van der Waals surface area contributed by atoms with Gasteiger partial charge in [-0.05, 0) is 53.8 Å². The van der Waals surface area contributed by atoms with E-state index >= 15 is 0 Å². The molecule has 0 atom stereocenters. The van der Waals surface area contributed by atoms with Crippen LogP contribution in [0.2, 0.25) is 0 Å². The van der Waals surface area contributed by atoms with Gasteiger partial charge in [0.2, 0.25) is 5.91 Å². The number of aryl methyl sites for hydroxylation is 2. The first kappa shape index (κ1) is 15.0. The third-order valence-electron chi connectivity index (χ3n) is 3.85. The summed E-state index contributed by atoms with van der Waals surface area (Å²) in [6.45, 7) is 0. The highest BCUT2D eigenvalue weighted by atomic mass is 16.1. The van der Waals surface area contributed by atoms with Crippen LogP contribution in [0.15, 0.2) is 72.9 Å². The third-order valence-corrected chi connectivity index (χ3v) is 3.85. The maximum atomic E-state index is 11.5. The number of benzene rings is 2. The number of amides is 1. The van der Waals surface area contributed by atoms with E-state index in [9.17, 15) is 4.79 Å². The first-order chi connectivity index (χ1) is 11.2. The molecule has 0 aliphatic carbocycles. The van der Waals surface area contributed by atoms with Gasteiger partial charge in [-0.3, -0.25) is 9.78 Å². The maximum Gasteiger partial charge on any atom is 0.248 e. The van der Waals surface area contributed by atoms with Gasteiger partial charge in [0.25, 0.3) is 0 Å². The Morgan fingerprint density at radius 1 is 0.913 bits per heavy atom. The van der Waals surface area contributed by atoms with Gasteiger partial charge in [-0.2, -0.15) is 0 Å². The van der Waals surface area contributed by atoms with Gasteiger partial charge in [-0.25, -0.2) is 0 Å². The zero-order valence-corrected chi connectivity index (χ0v) is 12.8. The quantitative estimate of drug-likeness (QED) is 0.782. The summed E-state index contributed by atoms with van der Waals surface area (Å²) in [6, 6.07) is 21.7. The molecule has 1 heterocycles. The van der Waals surface area contributed by atoms with Gasteiger partial charge >= 0.3 is 0 Å². The number of rotatable bonds is 5. The molecule has 0 radical (unpaired) electrons. The van der Waals surface area contributed by atoms with Gasteiger partial charge in [-0.1, -0.05) is 42.5 Å². The minimum atomic E-state index is -0.399. The Bertz CT molecular complexity index is 798. The lowest BCUT2D eigenvalue weighted by molar-refractivity contribution is 0.1000. The highest BCUT2D eigenvalue weighted by molar-refractivity contribution is 5.93. The molecule has 3 rings (SSSR count). The highest BCUT2D eigenvalue weighted by Crippen LogP contribution is 2.26. The Labute approximate surface area is 135 Å². The highest BCUT2D eigenvalue weighted by Gasteiger charge is 2.09. The molecular weight excluding hydrogens is 284 g/mol. The average Bonchev–Trinajstić information content (AvgIpc) is 2.61. The fourth-order valence-corrected chi connectivity index (χ4v) is 2.66. The van der Waals surface area contributed by atoms with Gasteiger partial charge in [-0.15, -0.1) is 0 Å². The van der Waals surface area contributed by atoms with Crippen LogP contribution in [-0.2, 0) is 12.8 Å². The van der Waals surface area contributed by atoms with Crippen molar-refractivity contribution in [2.45, 2.75) is 12.8 Å². The summed E-state index contributed by atoms with van der Waals surface area (Å²) in [7, 11) is 0. The minimum Gasteiger partial charge on any atom is -0.366 e. The van der Waals surface area contributed by atoms with E-state index in [-0.39, 0.29) is 0 Å². The molecule has 0 spiro atoms. The van der Waals surface area contributed by atoms with Crippen molar-refractivity contribution < 1.29 is 4.79 Å². The lowest BCUT2D eigenvalue weighted by Gasteiger charge is -2.11. The molecule has 0 saturated carbocycles. The maximum absolute atomic E-state index is 11.5. The number of nitrogens with zero attached hydrogens (tertiary/aromatic N) is 1. The number of carbonyl (C=O) groups is 1. The van der Waals surface area contributed by atoms with Crippen molar-refractivity contribution in [1.82, 2.24) is 4.98 Å². The SMILES string of the molecule is NC(=O)c1ccc(-c2ccccc2)c(CCc2ccccn2)c1. The first-order valence-electron chi connectivity index (χ1n) is 7.62. The summed E-state index contributed by atoms with van der Waals surface area (Å²) in [5.74, 6) is -0.399. The van der Waals surface area contributed by atoms with Crippen molar-refractivity contribution in [2.24, 2.45) is 5.73 Å². The average molecular weight is 302 g/mol. The van der Waals surface area contributed by atoms with Crippen LogP contribution in [-0.4, -0.2) is 10.9 Å². The van der Waals surface area contributed by atoms with Crippen LogP contribution in [0.3, 0.4) is 0 Å². The van der Waals surface area contributed by atoms with Crippen LogP contribution in [0.5, 0.6) is 0 Å². The molecule has 114 valence electrons. The minimum absolute atomic E-state index is 0.399. The number of carbonyl (C=O) groups excluding carboxylic acids is 1. The second-order valence-electron chi connectivity index (χ2n) is 5.42. The normalized spacial score (nSPS) is 10.4. The van der Waals surface area contributed by atoms with E-state index in [0.717, 1.165) is 35.2 Å². The molecular formula is C20H18N2O. The Kier molecular flexibility index (Phi) is 4.48. The molecule has 2 aromatic carbocycles. The smallest absolute Gasteiger partial charge is 0.248 e. The predicted molar refractivity (Wildman–Crippen MR) is 92.0 cm³/mol. The lowest BCUT2D eigenvalue weighted by Crippen LogP contribution is -2.11. The first-order valence-corrected chi connectivity index (χ1v) is 7.62. The van der Waals surface area contributed by atoms with E-state index in [2.05, 4.69) is 17.1 Å². The Morgan fingerprint density at radius 2 is 1.70 bits per heavy atom. The number of hydrogen-bond donors (Lipinski definition) is 1. The Hall–Kier alpha value is -2.94. The summed E-state index contributed by atoms with van der Waals surface area (Å²) < 4.78 is 0. The van der Waals surface area contributed by atoms with E-state index in [1.807, 2.05) is 48.5 Å². The predicted octanol–water partition coefficient (Wildman–Crippen LogP) is 3.63. The van der Waals surface area contributed by atoms with Crippen molar-refractivity contribution in [1.29, 1.82) is 0 Å². The summed E-state index contributed by atoms with van der Waals surface area (Å²) in [6.07, 6.45) is 3.43. The fraction of sp³-hybridized carbons (Fsp3) is 0.100. The lowest BCUT2D eigenvalue weighted by atomic mass is 9.94. The zero-order chi connectivity index (χ0) is 16.1. The zero-order valence-electron chi connectivity index (χ0n) is 12.8. The van der Waals surface area contributed by atoms with Crippen LogP contribution >= 0.6 is 0 Å². The second-order valence-corrected chi connectivity index (χ2v) is 5.42. The standard InChI is InChI=1S/C20H18N2O/c21-20(23)17-10-12-19(15-6-2-1-3-7-15)16(14-17)9-11-18-8-4-5-13-22-18/h1-8,10,12-14H,9,11H2,(H2,21,23). The largest absolute Gasteiger partial charge is 0.366 e. The van der Waals surface area contributed by atoms with E-state index in [1.165, 1.54) is 0 Å². The molecule has 0 aliphatic rings. The molecule has 0 bridgehead atoms. The molecule has 1 amide bonds. The molecule has 0 fully saturated rings. The second kappa shape index (κ2) is 6.88. The van der Waals surface area contributed by atoms with Gasteiger partial charge in [0, 0.05) is 17.5 Å². The summed E-state index contributed by atoms with van der Waals surface area (Å²) in [5.41, 5.74) is 10.4. The monoisotopic (exact) mass is 302 g/mol. The van der Waals surface area contributed by atoms with Gasteiger partial charge in [0.15, 0.2) is 0 Å². The van der Waals surface area contributed by atoms with Crippen LogP contribution < -0.4 is 5.73 Å². The number of pyridine rings is 1. The van der Waals surface area contributed by atoms with Crippen molar-refractivity contribution in [2.75, 3.05) is 0 Å². The van der Waals surface area contributed by atoms with Crippen LogP contribution in [0, 0.1) is 0 Å². The van der Waals surface area contributed by atoms with E-state index in [0.29, 0.717) is 5.56 Å². The molecule has 1 aromatic heterocycles. The summed E-state index contributed by atoms with van der Waals surface area (Å²) in [5, 5.41) is 0. The number of aromatic nitrogens is 1. The number of primary amides is 1. The van der Waals surface area contributed by atoms with Crippen LogP contribution in [0.4, 0.5) is 0 Å². The van der Waals surface area contributed by atoms with Gasteiger partial charge < -0.3 is 5.73 Å². The Morgan fingerprint density at radius 3 is 2.39 bits per heavy atom. The van der Waals surface area contributed by atoms with Gasteiger partial charge in [0.05, 0.1) is 0 Å². The summed E-state index contributed by atoms with van der Waals surface area (Å²) in [4.78, 5) is 15.8. The molecule has 3 heteroatoms. The number of nitrogens with two attached hydrogens (primary N) is 1. The fourth-order valence-electron chi connectivity index (χ4n) is 2.66. The Balaban J connectivity index is 1.94. The van der Waals surface area contributed by atoms with Crippen molar-refractivity contribution >= 4 is 5.91 Å². The van der Waals surface area contributed by atoms with Crippen molar-refractivity contribution in [3.05, 3.63) is 89.7 Å². The van der Waals surface area contributed by atoms with Crippen LogP contribution in [0.25, 0.3) is 11.1 Å². The van der Waals surface area contributed by atoms with E-state index < -0.39 is 5.91 Å². The molecule has 3 nitrogen and oxygen atoms in total. The van der Waals surface area contributed by atoms with E-state index in [1.54, 1.807) is 12.3 Å². The molecule has 3 aromatic rings. The molecule has 0 unspecified atom stereocenters. The number of hydrogen-bond acceptors (Lipinski definition) is 2. The topological polar surface area (TPSA) is 56.0 Å². The van der Waals surface area contributed by atoms with E-state index in [4.69, 9.17) is 5.73 Å². The van der Waals surface area contributed by atoms with Gasteiger partial charge in [0.1, 0.15) is 0 Å². The molecule has 2 N–H and O–H groups in total. The summed E-state index contributed by atoms with van der Waals surface area (Å²) >= 11 is 0. The molecule has 23 heavy (non-hydrogen) atoms. The van der Waals surface area contributed by atoms with Crippen molar-refractivity contribution in [3.8, 4) is 11.1 Å². The van der Waals surface area contributed by atoms with Crippen molar-refractivity contribution in [3.63, 3.8) is 0 Å².